The van der Waals surface area contributed by atoms with Crippen molar-refractivity contribution < 1.29 is 0 Å². The summed E-state index contributed by atoms with van der Waals surface area (Å²) >= 11 is 13.8. The molecule has 0 saturated carbocycles. The average molecular weight is 312 g/mol. The Balaban J connectivity index is 2.27. The Hall–Kier alpha value is -0.670. The number of benzene rings is 2. The predicted molar refractivity (Wildman–Crippen MR) is 84.4 cm³/mol. The van der Waals surface area contributed by atoms with Crippen LogP contribution < -0.4 is 0 Å². The lowest BCUT2D eigenvalue weighted by molar-refractivity contribution is 0.399. The molecule has 19 heavy (non-hydrogen) atoms. The largest absolute Gasteiger partial charge is 0.305 e. The van der Waals surface area contributed by atoms with Gasteiger partial charge in [-0.1, -0.05) is 53.2 Å². The van der Waals surface area contributed by atoms with Crippen LogP contribution in [0.4, 0.5) is 0 Å². The zero-order valence-corrected chi connectivity index (χ0v) is 13.2. The number of nitrogens with zero attached hydrogens (tertiary/aromatic N) is 1. The van der Waals surface area contributed by atoms with E-state index in [0.717, 1.165) is 11.4 Å². The molecule has 2 aromatic carbocycles. The van der Waals surface area contributed by atoms with Crippen molar-refractivity contribution in [2.45, 2.75) is 16.3 Å². The second-order valence-electron chi connectivity index (χ2n) is 4.52. The Kier molecular flexibility index (Phi) is 5.17. The fraction of sp³-hybridized carbons (Fsp3) is 0.200. The molecule has 0 atom stereocenters. The summed E-state index contributed by atoms with van der Waals surface area (Å²) in [5.41, 5.74) is 1.29. The maximum atomic E-state index is 6.22. The second-order valence-corrected chi connectivity index (χ2v) is 6.45. The van der Waals surface area contributed by atoms with Crippen LogP contribution in [-0.2, 0) is 6.54 Å². The second kappa shape index (κ2) is 6.67. The van der Waals surface area contributed by atoms with Gasteiger partial charge in [-0.3, -0.25) is 0 Å². The summed E-state index contributed by atoms with van der Waals surface area (Å²) in [5.74, 6) is 0. The molecule has 1 nitrogen and oxygen atoms in total. The molecule has 0 aliphatic carbocycles. The van der Waals surface area contributed by atoms with E-state index in [1.165, 1.54) is 10.5 Å². The van der Waals surface area contributed by atoms with Crippen molar-refractivity contribution in [2.75, 3.05) is 14.1 Å². The standard InChI is InChI=1S/C15H15Cl2NS/c1-18(2)10-11-5-3-4-6-14(11)19-15-8-7-12(16)9-13(15)17/h3-9H,10H2,1-2H3. The maximum absolute atomic E-state index is 6.22. The topological polar surface area (TPSA) is 3.24 Å². The molecule has 0 fully saturated rings. The van der Waals surface area contributed by atoms with Crippen LogP contribution in [0, 0.1) is 0 Å². The van der Waals surface area contributed by atoms with Crippen molar-refractivity contribution in [3.63, 3.8) is 0 Å². The third kappa shape index (κ3) is 4.15. The zero-order chi connectivity index (χ0) is 13.8. The maximum Gasteiger partial charge on any atom is 0.0560 e. The number of halogens is 2. The van der Waals surface area contributed by atoms with Crippen molar-refractivity contribution >= 4 is 35.0 Å². The summed E-state index contributed by atoms with van der Waals surface area (Å²) in [6, 6.07) is 14.0. The van der Waals surface area contributed by atoms with Crippen LogP contribution in [0.2, 0.25) is 10.0 Å². The van der Waals surface area contributed by atoms with Crippen molar-refractivity contribution in [3.05, 3.63) is 58.1 Å². The first kappa shape index (κ1) is 14.7. The quantitative estimate of drug-likeness (QED) is 0.763. The first-order valence-electron chi connectivity index (χ1n) is 5.92. The van der Waals surface area contributed by atoms with E-state index in [1.54, 1.807) is 17.8 Å². The summed E-state index contributed by atoms with van der Waals surface area (Å²) in [5, 5.41) is 1.35. The van der Waals surface area contributed by atoms with Crippen molar-refractivity contribution in [1.82, 2.24) is 4.90 Å². The molecule has 0 amide bonds. The van der Waals surface area contributed by atoms with Gasteiger partial charge in [0.1, 0.15) is 0 Å². The smallest absolute Gasteiger partial charge is 0.0560 e. The highest BCUT2D eigenvalue weighted by molar-refractivity contribution is 7.99. The molecule has 0 aliphatic rings. The van der Waals surface area contributed by atoms with E-state index in [-0.39, 0.29) is 0 Å². The average Bonchev–Trinajstić information content (AvgIpc) is 2.34. The SMILES string of the molecule is CN(C)Cc1ccccc1Sc1ccc(Cl)cc1Cl. The summed E-state index contributed by atoms with van der Waals surface area (Å²) in [4.78, 5) is 4.40. The number of hydrogen-bond acceptors (Lipinski definition) is 2. The summed E-state index contributed by atoms with van der Waals surface area (Å²) in [6.45, 7) is 0.911. The molecule has 0 aromatic heterocycles. The molecule has 0 aliphatic heterocycles. The van der Waals surface area contributed by atoms with Crippen LogP contribution in [0.1, 0.15) is 5.56 Å². The molecule has 0 unspecified atom stereocenters. The third-order valence-electron chi connectivity index (χ3n) is 2.57. The summed E-state index contributed by atoms with van der Waals surface area (Å²) in [7, 11) is 4.13. The van der Waals surface area contributed by atoms with E-state index in [1.807, 2.05) is 18.2 Å². The molecule has 0 bridgehead atoms. The van der Waals surface area contributed by atoms with Crippen molar-refractivity contribution in [1.29, 1.82) is 0 Å². The molecule has 4 heteroatoms. The first-order chi connectivity index (χ1) is 9.06. The Morgan fingerprint density at radius 1 is 1.00 bits per heavy atom. The Morgan fingerprint density at radius 2 is 1.74 bits per heavy atom. The van der Waals surface area contributed by atoms with E-state index in [4.69, 9.17) is 23.2 Å². The van der Waals surface area contributed by atoms with Crippen LogP contribution in [0.15, 0.2) is 52.3 Å². The van der Waals surface area contributed by atoms with E-state index < -0.39 is 0 Å². The van der Waals surface area contributed by atoms with E-state index >= 15 is 0 Å². The number of rotatable bonds is 4. The van der Waals surface area contributed by atoms with Gasteiger partial charge in [0.2, 0.25) is 0 Å². The van der Waals surface area contributed by atoms with Crippen LogP contribution in [-0.4, -0.2) is 19.0 Å². The highest BCUT2D eigenvalue weighted by atomic mass is 35.5. The fourth-order valence-corrected chi connectivity index (χ4v) is 3.22. The third-order valence-corrected chi connectivity index (χ3v) is 4.43. The van der Waals surface area contributed by atoms with E-state index in [0.29, 0.717) is 10.0 Å². The lowest BCUT2D eigenvalue weighted by Gasteiger charge is -2.14. The van der Waals surface area contributed by atoms with E-state index in [2.05, 4.69) is 37.2 Å². The van der Waals surface area contributed by atoms with Gasteiger partial charge in [-0.05, 0) is 43.9 Å². The Bertz CT molecular complexity index is 570. The lowest BCUT2D eigenvalue weighted by Crippen LogP contribution is -2.11. The van der Waals surface area contributed by atoms with E-state index in [9.17, 15) is 0 Å². The van der Waals surface area contributed by atoms with Crippen LogP contribution in [0.5, 0.6) is 0 Å². The Morgan fingerprint density at radius 3 is 2.42 bits per heavy atom. The molecule has 100 valence electrons. The molecule has 0 radical (unpaired) electrons. The fourth-order valence-electron chi connectivity index (χ4n) is 1.75. The predicted octanol–water partition coefficient (Wildman–Crippen LogP) is 5.21. The first-order valence-corrected chi connectivity index (χ1v) is 7.49. The van der Waals surface area contributed by atoms with Gasteiger partial charge in [0.15, 0.2) is 0 Å². The lowest BCUT2D eigenvalue weighted by atomic mass is 10.2. The minimum absolute atomic E-state index is 0.663. The van der Waals surface area contributed by atoms with Crippen molar-refractivity contribution in [2.24, 2.45) is 0 Å². The van der Waals surface area contributed by atoms with Gasteiger partial charge in [-0.2, -0.15) is 0 Å². The monoisotopic (exact) mass is 311 g/mol. The molecule has 0 saturated heterocycles. The zero-order valence-electron chi connectivity index (χ0n) is 10.9. The van der Waals surface area contributed by atoms with Crippen molar-refractivity contribution in [3.8, 4) is 0 Å². The van der Waals surface area contributed by atoms with Crippen LogP contribution >= 0.6 is 35.0 Å². The molecule has 2 rings (SSSR count). The highest BCUT2D eigenvalue weighted by Gasteiger charge is 2.08. The van der Waals surface area contributed by atoms with Gasteiger partial charge in [0.25, 0.3) is 0 Å². The normalized spacial score (nSPS) is 11.0. The number of hydrogen-bond donors (Lipinski definition) is 0. The van der Waals surface area contributed by atoms with Crippen LogP contribution in [0.25, 0.3) is 0 Å². The molecule has 2 aromatic rings. The molecule has 0 heterocycles. The van der Waals surface area contributed by atoms with Crippen LogP contribution in [0.3, 0.4) is 0 Å². The van der Waals surface area contributed by atoms with Gasteiger partial charge in [0.05, 0.1) is 5.02 Å². The molecular formula is C15H15Cl2NS. The molecular weight excluding hydrogens is 297 g/mol. The molecule has 0 spiro atoms. The van der Waals surface area contributed by atoms with Gasteiger partial charge >= 0.3 is 0 Å². The minimum atomic E-state index is 0.663. The summed E-state index contributed by atoms with van der Waals surface area (Å²) in [6.07, 6.45) is 0. The minimum Gasteiger partial charge on any atom is -0.305 e. The van der Waals surface area contributed by atoms with Gasteiger partial charge in [-0.25, -0.2) is 0 Å². The highest BCUT2D eigenvalue weighted by Crippen LogP contribution is 2.36. The van der Waals surface area contributed by atoms with Gasteiger partial charge in [-0.15, -0.1) is 0 Å². The Labute approximate surface area is 128 Å². The van der Waals surface area contributed by atoms with Gasteiger partial charge < -0.3 is 4.90 Å². The summed E-state index contributed by atoms with van der Waals surface area (Å²) < 4.78 is 0. The molecule has 0 N–H and O–H groups in total. The van der Waals surface area contributed by atoms with Gasteiger partial charge in [0, 0.05) is 21.4 Å².